The normalized spacial score (nSPS) is 25.7. The van der Waals surface area contributed by atoms with Crippen molar-refractivity contribution in [2.75, 3.05) is 20.2 Å². The van der Waals surface area contributed by atoms with E-state index in [2.05, 4.69) is 23.1 Å². The number of halogens is 1. The van der Waals surface area contributed by atoms with Gasteiger partial charge < -0.3 is 15.2 Å². The van der Waals surface area contributed by atoms with Crippen LogP contribution in [0.2, 0.25) is 0 Å². The molecule has 4 nitrogen and oxygen atoms in total. The Balaban J connectivity index is 1.66. The molecule has 0 spiro atoms. The van der Waals surface area contributed by atoms with Gasteiger partial charge >= 0.3 is 0 Å². The molecule has 1 aliphatic heterocycles. The molecule has 3 atom stereocenters. The maximum Gasteiger partial charge on any atom is 0.168 e. The van der Waals surface area contributed by atoms with Gasteiger partial charge in [-0.25, -0.2) is 4.39 Å². The van der Waals surface area contributed by atoms with Crippen LogP contribution in [0.15, 0.2) is 42.5 Å². The summed E-state index contributed by atoms with van der Waals surface area (Å²) in [4.78, 5) is 2.44. The quantitative estimate of drug-likeness (QED) is 0.892. The van der Waals surface area contributed by atoms with E-state index in [0.717, 1.165) is 44.3 Å². The molecule has 5 heteroatoms. The van der Waals surface area contributed by atoms with E-state index in [-0.39, 0.29) is 23.9 Å². The number of likely N-dealkylation sites (tertiary alicyclic amines) is 1. The number of fused-ring (bicyclic) bond motifs is 1. The van der Waals surface area contributed by atoms with Crippen LogP contribution in [-0.2, 0) is 6.42 Å². The van der Waals surface area contributed by atoms with E-state index in [0.29, 0.717) is 5.75 Å². The summed E-state index contributed by atoms with van der Waals surface area (Å²) in [5, 5.41) is 0. The van der Waals surface area contributed by atoms with Gasteiger partial charge in [0.15, 0.2) is 11.6 Å². The molecule has 27 heavy (non-hydrogen) atoms. The predicted molar refractivity (Wildman–Crippen MR) is 104 cm³/mol. The van der Waals surface area contributed by atoms with Gasteiger partial charge in [-0.3, -0.25) is 4.90 Å². The van der Waals surface area contributed by atoms with Crippen LogP contribution in [0, 0.1) is 5.82 Å². The number of ether oxygens (including phenoxy) is 2. The molecule has 2 aliphatic rings. The third-order valence-electron chi connectivity index (χ3n) is 5.77. The molecule has 2 unspecified atom stereocenters. The average Bonchev–Trinajstić information content (AvgIpc) is 2.69. The van der Waals surface area contributed by atoms with Crippen molar-refractivity contribution >= 4 is 0 Å². The number of aryl methyl sites for hydroxylation is 1. The lowest BCUT2D eigenvalue weighted by Gasteiger charge is -2.43. The lowest BCUT2D eigenvalue weighted by atomic mass is 9.84. The largest absolute Gasteiger partial charge is 0.497 e. The molecule has 1 aliphatic carbocycles. The number of piperidine rings is 1. The highest BCUT2D eigenvalue weighted by molar-refractivity contribution is 5.37. The van der Waals surface area contributed by atoms with E-state index in [9.17, 15) is 4.39 Å². The molecular weight excluding hydrogens is 343 g/mol. The number of hydrogen-bond donors (Lipinski definition) is 1. The van der Waals surface area contributed by atoms with E-state index in [4.69, 9.17) is 15.2 Å². The molecule has 4 rings (SSSR count). The Bertz CT molecular complexity index is 798. The van der Waals surface area contributed by atoms with Crippen molar-refractivity contribution < 1.29 is 13.9 Å². The maximum absolute atomic E-state index is 14.6. The lowest BCUT2D eigenvalue weighted by molar-refractivity contribution is 0.0347. The third kappa shape index (κ3) is 3.80. The maximum atomic E-state index is 14.6. The van der Waals surface area contributed by atoms with Gasteiger partial charge in [-0.15, -0.1) is 0 Å². The monoisotopic (exact) mass is 370 g/mol. The van der Waals surface area contributed by atoms with Crippen LogP contribution in [0.4, 0.5) is 4.39 Å². The lowest BCUT2D eigenvalue weighted by Crippen LogP contribution is -2.51. The topological polar surface area (TPSA) is 47.7 Å². The molecule has 0 bridgehead atoms. The Kier molecular flexibility index (Phi) is 5.32. The van der Waals surface area contributed by atoms with Gasteiger partial charge in [0.2, 0.25) is 0 Å². The zero-order valence-electron chi connectivity index (χ0n) is 15.7. The summed E-state index contributed by atoms with van der Waals surface area (Å²) in [7, 11) is 1.53. The Hall–Kier alpha value is -2.11. The van der Waals surface area contributed by atoms with Gasteiger partial charge in [0, 0.05) is 18.7 Å². The Morgan fingerprint density at radius 3 is 2.78 bits per heavy atom. The van der Waals surface area contributed by atoms with E-state index < -0.39 is 5.82 Å². The van der Waals surface area contributed by atoms with Crippen molar-refractivity contribution in [3.63, 3.8) is 0 Å². The molecule has 0 aromatic heterocycles. The summed E-state index contributed by atoms with van der Waals surface area (Å²) in [6.07, 6.45) is 3.97. The molecule has 2 aromatic carbocycles. The van der Waals surface area contributed by atoms with Crippen molar-refractivity contribution in [3.8, 4) is 11.5 Å². The highest BCUT2D eigenvalue weighted by atomic mass is 19.1. The van der Waals surface area contributed by atoms with Gasteiger partial charge in [0.1, 0.15) is 11.9 Å². The minimum Gasteiger partial charge on any atom is -0.497 e. The van der Waals surface area contributed by atoms with Crippen LogP contribution in [0.25, 0.3) is 0 Å². The highest BCUT2D eigenvalue weighted by Gasteiger charge is 2.37. The molecule has 0 saturated carbocycles. The van der Waals surface area contributed by atoms with Gasteiger partial charge in [-0.1, -0.05) is 24.3 Å². The fourth-order valence-corrected chi connectivity index (χ4v) is 4.40. The van der Waals surface area contributed by atoms with Crippen molar-refractivity contribution in [2.24, 2.45) is 5.73 Å². The first kappa shape index (κ1) is 18.3. The molecule has 1 fully saturated rings. The number of benzene rings is 2. The zero-order chi connectivity index (χ0) is 18.8. The molecule has 2 aromatic rings. The molecule has 0 amide bonds. The van der Waals surface area contributed by atoms with Gasteiger partial charge in [-0.05, 0) is 55.5 Å². The number of rotatable bonds is 4. The van der Waals surface area contributed by atoms with Crippen LogP contribution >= 0.6 is 0 Å². The van der Waals surface area contributed by atoms with Crippen molar-refractivity contribution in [1.29, 1.82) is 0 Å². The standard InChI is InChI=1S/C22H27FN2O2/c1-26-17-9-11-21(19(23)13-17)27-22-18-7-3-2-5-15(18)8-10-20(22)25-12-4-6-16(24)14-25/h2-3,5,7,9,11,13,16,20,22H,4,6,8,10,12,14,24H2,1H3/t16-,20?,22?/m1/s1. The zero-order valence-corrected chi connectivity index (χ0v) is 15.7. The first-order chi connectivity index (χ1) is 13.2. The van der Waals surface area contributed by atoms with Crippen molar-refractivity contribution in [2.45, 2.75) is 43.9 Å². The molecule has 144 valence electrons. The summed E-state index contributed by atoms with van der Waals surface area (Å²) in [5.41, 5.74) is 8.67. The SMILES string of the molecule is COc1ccc(OC2c3ccccc3CCC2N2CCC[C@@H](N)C2)c(F)c1. The second-order valence-electron chi connectivity index (χ2n) is 7.54. The van der Waals surface area contributed by atoms with Crippen LogP contribution in [0.1, 0.15) is 36.5 Å². The number of nitrogens with zero attached hydrogens (tertiary/aromatic N) is 1. The Morgan fingerprint density at radius 1 is 1.15 bits per heavy atom. The van der Waals surface area contributed by atoms with E-state index in [1.165, 1.54) is 18.7 Å². The second kappa shape index (κ2) is 7.87. The Labute approximate surface area is 160 Å². The third-order valence-corrected chi connectivity index (χ3v) is 5.77. The molecular formula is C22H27FN2O2. The van der Waals surface area contributed by atoms with Crippen LogP contribution in [-0.4, -0.2) is 37.2 Å². The first-order valence-electron chi connectivity index (χ1n) is 9.73. The van der Waals surface area contributed by atoms with E-state index >= 15 is 0 Å². The minimum atomic E-state index is -0.397. The van der Waals surface area contributed by atoms with E-state index in [1.807, 2.05) is 6.07 Å². The van der Waals surface area contributed by atoms with E-state index in [1.54, 1.807) is 12.1 Å². The van der Waals surface area contributed by atoms with Crippen LogP contribution in [0.3, 0.4) is 0 Å². The van der Waals surface area contributed by atoms with Crippen LogP contribution in [0.5, 0.6) is 11.5 Å². The molecule has 0 radical (unpaired) electrons. The molecule has 2 N–H and O–H groups in total. The summed E-state index contributed by atoms with van der Waals surface area (Å²) >= 11 is 0. The molecule has 1 heterocycles. The minimum absolute atomic E-state index is 0.202. The number of nitrogens with two attached hydrogens (primary N) is 1. The fourth-order valence-electron chi connectivity index (χ4n) is 4.40. The predicted octanol–water partition coefficient (Wildman–Crippen LogP) is 3.69. The second-order valence-corrected chi connectivity index (χ2v) is 7.54. The van der Waals surface area contributed by atoms with Crippen molar-refractivity contribution in [1.82, 2.24) is 4.90 Å². The highest BCUT2D eigenvalue weighted by Crippen LogP contribution is 2.38. The summed E-state index contributed by atoms with van der Waals surface area (Å²) in [6.45, 7) is 1.89. The molecule has 1 saturated heterocycles. The number of hydrogen-bond acceptors (Lipinski definition) is 4. The summed E-state index contributed by atoms with van der Waals surface area (Å²) in [5.74, 6) is 0.359. The Morgan fingerprint density at radius 2 is 2.00 bits per heavy atom. The number of methoxy groups -OCH3 is 1. The first-order valence-corrected chi connectivity index (χ1v) is 9.73. The smallest absolute Gasteiger partial charge is 0.168 e. The summed E-state index contributed by atoms with van der Waals surface area (Å²) < 4.78 is 26.0. The van der Waals surface area contributed by atoms with Crippen molar-refractivity contribution in [3.05, 3.63) is 59.4 Å². The fraction of sp³-hybridized carbons (Fsp3) is 0.455. The average molecular weight is 370 g/mol. The van der Waals surface area contributed by atoms with Crippen LogP contribution < -0.4 is 15.2 Å². The summed E-state index contributed by atoms with van der Waals surface area (Å²) in [6, 6.07) is 13.5. The van der Waals surface area contributed by atoms with Gasteiger partial charge in [0.05, 0.1) is 13.2 Å². The van der Waals surface area contributed by atoms with Gasteiger partial charge in [-0.2, -0.15) is 0 Å². The van der Waals surface area contributed by atoms with Gasteiger partial charge in [0.25, 0.3) is 0 Å².